The summed E-state index contributed by atoms with van der Waals surface area (Å²) in [6.07, 6.45) is 2.63. The van der Waals surface area contributed by atoms with Crippen molar-refractivity contribution in [3.8, 4) is 0 Å². The van der Waals surface area contributed by atoms with Crippen LogP contribution in [0.25, 0.3) is 0 Å². The van der Waals surface area contributed by atoms with E-state index in [1.807, 2.05) is 0 Å². The lowest BCUT2D eigenvalue weighted by Crippen LogP contribution is -2.42. The predicted octanol–water partition coefficient (Wildman–Crippen LogP) is 2.46. The smallest absolute Gasteiger partial charge is 0.131 e. The molecule has 2 rings (SSSR count). The molecule has 2 atom stereocenters. The van der Waals surface area contributed by atoms with E-state index in [0.717, 1.165) is 31.2 Å². The molecule has 4 nitrogen and oxygen atoms in total. The molecule has 0 saturated carbocycles. The van der Waals surface area contributed by atoms with Gasteiger partial charge in [0.25, 0.3) is 0 Å². The number of aromatic nitrogens is 2. The van der Waals surface area contributed by atoms with Gasteiger partial charge in [0, 0.05) is 31.7 Å². The van der Waals surface area contributed by atoms with Crippen molar-refractivity contribution in [1.29, 1.82) is 0 Å². The monoisotopic (exact) mass is 264 g/mol. The van der Waals surface area contributed by atoms with Gasteiger partial charge in [-0.2, -0.15) is 5.10 Å². The summed E-state index contributed by atoms with van der Waals surface area (Å²) in [4.78, 5) is 2.56. The third-order valence-corrected chi connectivity index (χ3v) is 4.25. The molecule has 1 aromatic heterocycles. The van der Waals surface area contributed by atoms with Crippen molar-refractivity contribution in [3.05, 3.63) is 11.3 Å². The van der Waals surface area contributed by atoms with Gasteiger partial charge in [-0.25, -0.2) is 0 Å². The Kier molecular flexibility index (Phi) is 4.50. The van der Waals surface area contributed by atoms with E-state index in [1.54, 1.807) is 0 Å². The predicted molar refractivity (Wildman–Crippen MR) is 80.5 cm³/mol. The summed E-state index contributed by atoms with van der Waals surface area (Å²) in [6, 6.07) is 0.617. The summed E-state index contributed by atoms with van der Waals surface area (Å²) in [6.45, 7) is 12.0. The summed E-state index contributed by atoms with van der Waals surface area (Å²) < 4.78 is 2.07. The van der Waals surface area contributed by atoms with E-state index in [9.17, 15) is 0 Å². The zero-order chi connectivity index (χ0) is 14.0. The van der Waals surface area contributed by atoms with Crippen molar-refractivity contribution in [1.82, 2.24) is 15.1 Å². The number of hydrogen-bond acceptors (Lipinski definition) is 3. The molecule has 2 unspecified atom stereocenters. The number of aryl methyl sites for hydroxylation is 2. The van der Waals surface area contributed by atoms with E-state index in [0.29, 0.717) is 6.04 Å². The molecule has 1 aromatic rings. The van der Waals surface area contributed by atoms with E-state index >= 15 is 0 Å². The molecule has 0 radical (unpaired) electrons. The second-order valence-electron chi connectivity index (χ2n) is 5.98. The number of hydrogen-bond donors (Lipinski definition) is 1. The van der Waals surface area contributed by atoms with Crippen molar-refractivity contribution in [2.24, 2.45) is 13.0 Å². The molecule has 19 heavy (non-hydrogen) atoms. The summed E-state index contributed by atoms with van der Waals surface area (Å²) in [5.74, 6) is 2.09. The normalized spacial score (nSPS) is 23.9. The van der Waals surface area contributed by atoms with Crippen LogP contribution in [0.4, 0.5) is 5.82 Å². The van der Waals surface area contributed by atoms with Crippen LogP contribution < -0.4 is 10.2 Å². The Hall–Kier alpha value is -1.03. The van der Waals surface area contributed by atoms with Gasteiger partial charge in [0.2, 0.25) is 0 Å². The van der Waals surface area contributed by atoms with E-state index < -0.39 is 0 Å². The summed E-state index contributed by atoms with van der Waals surface area (Å²) in [7, 11) is 2.07. The van der Waals surface area contributed by atoms with Crippen LogP contribution >= 0.6 is 0 Å². The van der Waals surface area contributed by atoms with Gasteiger partial charge >= 0.3 is 0 Å². The maximum Gasteiger partial charge on any atom is 0.131 e. The lowest BCUT2D eigenvalue weighted by atomic mass is 9.94. The van der Waals surface area contributed by atoms with E-state index in [-0.39, 0.29) is 0 Å². The first kappa shape index (κ1) is 14.4. The average molecular weight is 264 g/mol. The Labute approximate surface area is 117 Å². The molecule has 2 heterocycles. The van der Waals surface area contributed by atoms with Crippen molar-refractivity contribution >= 4 is 5.82 Å². The molecule has 0 aliphatic carbocycles. The van der Waals surface area contributed by atoms with Crippen molar-refractivity contribution in [3.63, 3.8) is 0 Å². The van der Waals surface area contributed by atoms with Crippen molar-refractivity contribution in [2.45, 2.75) is 53.1 Å². The zero-order valence-electron chi connectivity index (χ0n) is 13.0. The fraction of sp³-hybridized carbons (Fsp3) is 0.800. The van der Waals surface area contributed by atoms with Gasteiger partial charge < -0.3 is 10.2 Å². The summed E-state index contributed by atoms with van der Waals surface area (Å²) in [5.41, 5.74) is 2.52. The molecular formula is C15H28N4. The van der Waals surface area contributed by atoms with Crippen molar-refractivity contribution in [2.75, 3.05) is 18.0 Å². The second-order valence-corrected chi connectivity index (χ2v) is 5.98. The Morgan fingerprint density at radius 3 is 2.74 bits per heavy atom. The van der Waals surface area contributed by atoms with Crippen LogP contribution in [0.2, 0.25) is 0 Å². The molecule has 0 amide bonds. The molecule has 4 heteroatoms. The van der Waals surface area contributed by atoms with E-state index in [4.69, 9.17) is 0 Å². The highest BCUT2D eigenvalue weighted by atomic mass is 15.4. The maximum absolute atomic E-state index is 4.63. The largest absolute Gasteiger partial charge is 0.354 e. The van der Waals surface area contributed by atoms with Crippen LogP contribution in [-0.2, 0) is 13.6 Å². The van der Waals surface area contributed by atoms with Gasteiger partial charge in [0.15, 0.2) is 0 Å². The molecule has 0 bridgehead atoms. The fourth-order valence-electron chi connectivity index (χ4n) is 3.09. The van der Waals surface area contributed by atoms with Crippen LogP contribution in [0, 0.1) is 12.8 Å². The molecule has 1 aliphatic rings. The minimum absolute atomic E-state index is 0.617. The lowest BCUT2D eigenvalue weighted by Gasteiger charge is -2.39. The molecule has 1 N–H and O–H groups in total. The van der Waals surface area contributed by atoms with Crippen molar-refractivity contribution < 1.29 is 0 Å². The average Bonchev–Trinajstić information content (AvgIpc) is 2.64. The van der Waals surface area contributed by atoms with Gasteiger partial charge in [0.1, 0.15) is 5.82 Å². The molecule has 1 fully saturated rings. The molecule has 108 valence electrons. The van der Waals surface area contributed by atoms with Crippen LogP contribution in [0.1, 0.15) is 44.9 Å². The first-order valence-electron chi connectivity index (χ1n) is 7.54. The van der Waals surface area contributed by atoms with E-state index in [1.165, 1.54) is 24.2 Å². The number of anilines is 1. The minimum Gasteiger partial charge on any atom is -0.354 e. The first-order chi connectivity index (χ1) is 9.04. The number of rotatable bonds is 4. The molecule has 0 aromatic carbocycles. The van der Waals surface area contributed by atoms with Gasteiger partial charge in [-0.05, 0) is 39.2 Å². The zero-order valence-corrected chi connectivity index (χ0v) is 13.0. The molecule has 1 saturated heterocycles. The van der Waals surface area contributed by atoms with Gasteiger partial charge in [-0.15, -0.1) is 0 Å². The SMILES string of the molecule is CCNCc1c(C)nn(C)c1N1CC(C)CCC1C. The molecule has 1 aliphatic heterocycles. The van der Waals surface area contributed by atoms with Crippen LogP contribution in [0.15, 0.2) is 0 Å². The highest BCUT2D eigenvalue weighted by molar-refractivity contribution is 5.51. The van der Waals surface area contributed by atoms with Gasteiger partial charge in [0.05, 0.1) is 5.69 Å². The highest BCUT2D eigenvalue weighted by Gasteiger charge is 2.28. The first-order valence-corrected chi connectivity index (χ1v) is 7.54. The Morgan fingerprint density at radius 1 is 1.32 bits per heavy atom. The third kappa shape index (κ3) is 2.94. The molecular weight excluding hydrogens is 236 g/mol. The Morgan fingerprint density at radius 2 is 2.05 bits per heavy atom. The number of nitrogens with one attached hydrogen (secondary N) is 1. The quantitative estimate of drug-likeness (QED) is 0.907. The molecule has 0 spiro atoms. The van der Waals surface area contributed by atoms with Gasteiger partial charge in [-0.1, -0.05) is 13.8 Å². The highest BCUT2D eigenvalue weighted by Crippen LogP contribution is 2.31. The maximum atomic E-state index is 4.63. The van der Waals surface area contributed by atoms with Gasteiger partial charge in [-0.3, -0.25) is 4.68 Å². The Bertz CT molecular complexity index is 424. The van der Waals surface area contributed by atoms with E-state index in [2.05, 4.69) is 54.7 Å². The summed E-state index contributed by atoms with van der Waals surface area (Å²) in [5, 5.41) is 8.08. The Balaban J connectivity index is 2.31. The fourth-order valence-corrected chi connectivity index (χ4v) is 3.09. The van der Waals surface area contributed by atoms with Crippen LogP contribution in [0.3, 0.4) is 0 Å². The third-order valence-electron chi connectivity index (χ3n) is 4.25. The lowest BCUT2D eigenvalue weighted by molar-refractivity contribution is 0.383. The topological polar surface area (TPSA) is 33.1 Å². The standard InChI is InChI=1S/C15H28N4/c1-6-16-9-14-13(4)17-18(5)15(14)19-10-11(2)7-8-12(19)3/h11-12,16H,6-10H2,1-5H3. The van der Waals surface area contributed by atoms with Crippen LogP contribution in [0.5, 0.6) is 0 Å². The minimum atomic E-state index is 0.617. The second kappa shape index (κ2) is 5.95. The summed E-state index contributed by atoms with van der Waals surface area (Å²) >= 11 is 0. The number of piperidine rings is 1. The van der Waals surface area contributed by atoms with Crippen LogP contribution in [-0.4, -0.2) is 28.9 Å². The number of nitrogens with zero attached hydrogens (tertiary/aromatic N) is 3.